The Morgan fingerprint density at radius 2 is 2.00 bits per heavy atom. The van der Waals surface area contributed by atoms with Crippen molar-refractivity contribution >= 4 is 45.8 Å². The van der Waals surface area contributed by atoms with Gasteiger partial charge in [-0.3, -0.25) is 9.59 Å². The van der Waals surface area contributed by atoms with E-state index in [1.807, 2.05) is 57.2 Å². The van der Waals surface area contributed by atoms with E-state index in [0.717, 1.165) is 5.56 Å². The normalized spacial score (nSPS) is 16.6. The second-order valence-corrected chi connectivity index (χ2v) is 8.47. The number of aliphatic imine (C=N–C) groups is 1. The summed E-state index contributed by atoms with van der Waals surface area (Å²) in [5.41, 5.74) is 0.762. The van der Waals surface area contributed by atoms with Crippen molar-refractivity contribution in [2.75, 3.05) is 5.75 Å². The third-order valence-electron chi connectivity index (χ3n) is 2.77. The molecule has 0 aromatic heterocycles. The van der Waals surface area contributed by atoms with Gasteiger partial charge in [0.25, 0.3) is 5.91 Å². The Kier molecular flexibility index (Phi) is 6.07. The van der Waals surface area contributed by atoms with Crippen LogP contribution in [-0.4, -0.2) is 27.5 Å². The average Bonchev–Trinajstić information content (AvgIpc) is 2.78. The Bertz CT molecular complexity index is 646. The topological polar surface area (TPSA) is 58.5 Å². The fourth-order valence-corrected chi connectivity index (χ4v) is 3.87. The van der Waals surface area contributed by atoms with E-state index in [-0.39, 0.29) is 17.4 Å². The van der Waals surface area contributed by atoms with Crippen molar-refractivity contribution in [1.29, 1.82) is 0 Å². The summed E-state index contributed by atoms with van der Waals surface area (Å²) in [4.78, 5) is 28.3. The Hall–Kier alpha value is -1.53. The predicted molar refractivity (Wildman–Crippen MR) is 99.4 cm³/mol. The molecule has 6 heteroatoms. The second kappa shape index (κ2) is 7.84. The molecule has 1 aliphatic heterocycles. The number of benzene rings is 1. The van der Waals surface area contributed by atoms with Gasteiger partial charge in [0, 0.05) is 17.7 Å². The molecular formula is C17H20N2O2S2. The first-order valence-electron chi connectivity index (χ1n) is 7.35. The molecule has 1 aromatic rings. The maximum absolute atomic E-state index is 11.9. The summed E-state index contributed by atoms with van der Waals surface area (Å²) in [5.74, 6) is 0.417. The van der Waals surface area contributed by atoms with Gasteiger partial charge in [-0.25, -0.2) is 0 Å². The highest BCUT2D eigenvalue weighted by Gasteiger charge is 2.22. The van der Waals surface area contributed by atoms with E-state index in [1.54, 1.807) is 0 Å². The molecule has 4 nitrogen and oxygen atoms in total. The minimum Gasteiger partial charge on any atom is -0.351 e. The highest BCUT2D eigenvalue weighted by Crippen LogP contribution is 2.33. The van der Waals surface area contributed by atoms with Gasteiger partial charge < -0.3 is 5.32 Å². The zero-order valence-electron chi connectivity index (χ0n) is 13.5. The number of nitrogens with one attached hydrogen (secondary N) is 1. The van der Waals surface area contributed by atoms with E-state index >= 15 is 0 Å². The van der Waals surface area contributed by atoms with Crippen LogP contribution in [0, 0.1) is 0 Å². The minimum atomic E-state index is -0.219. The lowest BCUT2D eigenvalue weighted by Crippen LogP contribution is -2.40. The number of amides is 2. The number of thioether (sulfide) groups is 2. The Morgan fingerprint density at radius 3 is 2.65 bits per heavy atom. The Balaban J connectivity index is 1.82. The van der Waals surface area contributed by atoms with E-state index in [9.17, 15) is 9.59 Å². The summed E-state index contributed by atoms with van der Waals surface area (Å²) in [7, 11) is 0. The van der Waals surface area contributed by atoms with Gasteiger partial charge in [-0.2, -0.15) is 4.99 Å². The van der Waals surface area contributed by atoms with Gasteiger partial charge in [0.05, 0.1) is 4.91 Å². The number of nitrogens with zero attached hydrogens (tertiary/aromatic N) is 1. The SMILES string of the molecule is CC(C)(C)NC(=O)CCSC1=NC(=O)C(=Cc2ccccc2)S1. The number of carbonyl (C=O) groups excluding carboxylic acids is 2. The summed E-state index contributed by atoms with van der Waals surface area (Å²) in [6.07, 6.45) is 2.25. The smallest absolute Gasteiger partial charge is 0.285 e. The predicted octanol–water partition coefficient (Wildman–Crippen LogP) is 3.69. The summed E-state index contributed by atoms with van der Waals surface area (Å²) in [6, 6.07) is 9.69. The van der Waals surface area contributed by atoms with Gasteiger partial charge in [-0.1, -0.05) is 53.9 Å². The van der Waals surface area contributed by atoms with Crippen LogP contribution in [0.2, 0.25) is 0 Å². The van der Waals surface area contributed by atoms with Crippen LogP contribution >= 0.6 is 23.5 Å². The van der Waals surface area contributed by atoms with Gasteiger partial charge in [0.1, 0.15) is 4.38 Å². The summed E-state index contributed by atoms with van der Waals surface area (Å²) < 4.78 is 0.709. The highest BCUT2D eigenvalue weighted by molar-refractivity contribution is 8.41. The van der Waals surface area contributed by atoms with Crippen LogP contribution in [0.5, 0.6) is 0 Å². The van der Waals surface area contributed by atoms with Gasteiger partial charge in [-0.15, -0.1) is 0 Å². The lowest BCUT2D eigenvalue weighted by molar-refractivity contribution is -0.122. The van der Waals surface area contributed by atoms with E-state index in [0.29, 0.717) is 21.5 Å². The first-order chi connectivity index (χ1) is 10.8. The maximum Gasteiger partial charge on any atom is 0.285 e. The molecule has 122 valence electrons. The first-order valence-corrected chi connectivity index (χ1v) is 9.15. The fraction of sp³-hybridized carbons (Fsp3) is 0.353. The highest BCUT2D eigenvalue weighted by atomic mass is 32.2. The number of carbonyl (C=O) groups is 2. The summed E-state index contributed by atoms with van der Waals surface area (Å²) in [5, 5.41) is 2.92. The van der Waals surface area contributed by atoms with Gasteiger partial charge in [0.2, 0.25) is 5.91 Å². The number of hydrogen-bond donors (Lipinski definition) is 1. The van der Waals surface area contributed by atoms with Gasteiger partial charge >= 0.3 is 0 Å². The zero-order chi connectivity index (χ0) is 16.9. The fourth-order valence-electron chi connectivity index (χ4n) is 1.86. The summed E-state index contributed by atoms with van der Waals surface area (Å²) >= 11 is 2.82. The van der Waals surface area contributed by atoms with Crippen molar-refractivity contribution in [2.24, 2.45) is 4.99 Å². The van der Waals surface area contributed by atoms with Crippen LogP contribution in [-0.2, 0) is 9.59 Å². The van der Waals surface area contributed by atoms with Crippen molar-refractivity contribution in [3.05, 3.63) is 40.8 Å². The quantitative estimate of drug-likeness (QED) is 0.843. The molecule has 0 fully saturated rings. The van der Waals surface area contributed by atoms with Crippen LogP contribution < -0.4 is 5.32 Å². The lowest BCUT2D eigenvalue weighted by Gasteiger charge is -2.20. The Morgan fingerprint density at radius 1 is 1.30 bits per heavy atom. The van der Waals surface area contributed by atoms with Crippen LogP contribution in [0.3, 0.4) is 0 Å². The Labute approximate surface area is 145 Å². The van der Waals surface area contributed by atoms with Crippen LogP contribution in [0.25, 0.3) is 6.08 Å². The lowest BCUT2D eigenvalue weighted by atomic mass is 10.1. The molecule has 2 rings (SSSR count). The number of hydrogen-bond acceptors (Lipinski definition) is 4. The largest absolute Gasteiger partial charge is 0.351 e. The van der Waals surface area contributed by atoms with Crippen molar-refractivity contribution in [3.8, 4) is 0 Å². The molecule has 1 heterocycles. The molecule has 2 amide bonds. The summed E-state index contributed by atoms with van der Waals surface area (Å²) in [6.45, 7) is 5.86. The van der Waals surface area contributed by atoms with Crippen LogP contribution in [0.15, 0.2) is 40.2 Å². The van der Waals surface area contributed by atoms with Crippen molar-refractivity contribution in [1.82, 2.24) is 5.32 Å². The van der Waals surface area contributed by atoms with Crippen LogP contribution in [0.1, 0.15) is 32.8 Å². The van der Waals surface area contributed by atoms with Gasteiger partial charge in [0.15, 0.2) is 0 Å². The molecule has 1 N–H and O–H groups in total. The van der Waals surface area contributed by atoms with Crippen molar-refractivity contribution < 1.29 is 9.59 Å². The third kappa shape index (κ3) is 6.23. The molecule has 0 saturated heterocycles. The minimum absolute atomic E-state index is 0.0139. The molecule has 0 saturated carbocycles. The maximum atomic E-state index is 11.9. The average molecular weight is 348 g/mol. The molecule has 1 aliphatic rings. The molecule has 1 aromatic carbocycles. The van der Waals surface area contributed by atoms with Crippen molar-refractivity contribution in [3.63, 3.8) is 0 Å². The molecule has 0 radical (unpaired) electrons. The zero-order valence-corrected chi connectivity index (χ0v) is 15.1. The number of rotatable bonds is 4. The van der Waals surface area contributed by atoms with E-state index in [1.165, 1.54) is 23.5 Å². The van der Waals surface area contributed by atoms with E-state index in [2.05, 4.69) is 10.3 Å². The molecular weight excluding hydrogens is 328 g/mol. The molecule has 0 spiro atoms. The van der Waals surface area contributed by atoms with Crippen molar-refractivity contribution in [2.45, 2.75) is 32.7 Å². The molecule has 0 aliphatic carbocycles. The third-order valence-corrected chi connectivity index (χ3v) is 4.90. The van der Waals surface area contributed by atoms with Gasteiger partial charge in [-0.05, 0) is 32.4 Å². The van der Waals surface area contributed by atoms with Crippen LogP contribution in [0.4, 0.5) is 0 Å². The first kappa shape index (κ1) is 17.8. The van der Waals surface area contributed by atoms with E-state index < -0.39 is 0 Å². The molecule has 0 unspecified atom stereocenters. The van der Waals surface area contributed by atoms with E-state index in [4.69, 9.17) is 0 Å². The standard InChI is InChI=1S/C17H20N2O2S2/c1-17(2,3)19-14(20)9-10-22-16-18-15(21)13(23-16)11-12-7-5-4-6-8-12/h4-8,11H,9-10H2,1-3H3,(H,19,20). The monoisotopic (exact) mass is 348 g/mol. The molecule has 0 bridgehead atoms. The second-order valence-electron chi connectivity index (χ2n) is 6.10. The molecule has 0 atom stereocenters. The molecule has 23 heavy (non-hydrogen) atoms.